The first-order chi connectivity index (χ1) is 16.4. The summed E-state index contributed by atoms with van der Waals surface area (Å²) >= 11 is 0. The quantitative estimate of drug-likeness (QED) is 0.0745. The van der Waals surface area contributed by atoms with Gasteiger partial charge >= 0.3 is 0 Å². The van der Waals surface area contributed by atoms with Crippen molar-refractivity contribution >= 4 is 12.4 Å². The Morgan fingerprint density at radius 3 is 2.24 bits per heavy atom. The molecule has 2 aromatic heterocycles. The van der Waals surface area contributed by atoms with Crippen molar-refractivity contribution in [3.05, 3.63) is 70.6 Å². The van der Waals surface area contributed by atoms with E-state index in [9.17, 15) is 0 Å². The highest BCUT2D eigenvalue weighted by molar-refractivity contribution is 5.85. The summed E-state index contributed by atoms with van der Waals surface area (Å²) < 4.78 is 13.8. The van der Waals surface area contributed by atoms with E-state index >= 15 is 0 Å². The van der Waals surface area contributed by atoms with E-state index in [1.165, 1.54) is 11.1 Å². The highest BCUT2D eigenvalue weighted by Crippen LogP contribution is 2.04. The third-order valence-electron chi connectivity index (χ3n) is 5.47. The Bertz CT molecular complexity index is 788. The van der Waals surface area contributed by atoms with Crippen LogP contribution in [-0.2, 0) is 28.9 Å². The second-order valence-electron chi connectivity index (χ2n) is 8.32. The van der Waals surface area contributed by atoms with Gasteiger partial charge in [0.1, 0.15) is 6.54 Å². The Labute approximate surface area is 210 Å². The lowest BCUT2D eigenvalue weighted by Crippen LogP contribution is -2.33. The van der Waals surface area contributed by atoms with Gasteiger partial charge in [0.05, 0.1) is 0 Å². The normalized spacial score (nSPS) is 10.5. The summed E-state index contributed by atoms with van der Waals surface area (Å²) in [5.41, 5.74) is 10.9. The van der Waals surface area contributed by atoms with Crippen LogP contribution in [0.1, 0.15) is 62.5 Å². The summed E-state index contributed by atoms with van der Waals surface area (Å²) in [4.78, 5) is 6.91. The van der Waals surface area contributed by atoms with Crippen LogP contribution < -0.4 is 4.57 Å². The molecule has 2 heterocycles. The van der Waals surface area contributed by atoms with E-state index in [0.29, 0.717) is 6.54 Å². The van der Waals surface area contributed by atoms with Crippen LogP contribution in [0.4, 0.5) is 0 Å². The number of pyridine rings is 2. The zero-order chi connectivity index (χ0) is 23.2. The molecule has 0 atom stereocenters. The van der Waals surface area contributed by atoms with Gasteiger partial charge in [-0.25, -0.2) is 4.57 Å². The van der Waals surface area contributed by atoms with E-state index in [-0.39, 0.29) is 12.4 Å². The van der Waals surface area contributed by atoms with Crippen molar-refractivity contribution in [1.82, 2.24) is 4.98 Å². The minimum Gasteiger partial charge on any atom is -0.381 e. The molecule has 0 aromatic carbocycles. The highest BCUT2D eigenvalue weighted by atomic mass is 35.5. The predicted molar refractivity (Wildman–Crippen MR) is 138 cm³/mol. The van der Waals surface area contributed by atoms with Gasteiger partial charge < -0.3 is 9.47 Å². The zero-order valence-electron chi connectivity index (χ0n) is 20.4. The molecule has 34 heavy (non-hydrogen) atoms. The molecule has 188 valence electrons. The molecule has 0 aliphatic rings. The number of nitrogens with zero attached hydrogens (tertiary/aromatic N) is 5. The summed E-state index contributed by atoms with van der Waals surface area (Å²) in [6.07, 6.45) is 18.8. The minimum atomic E-state index is 0. The molecule has 2 rings (SSSR count). The fraction of sp³-hybridized carbons (Fsp3) is 0.615. The molecule has 0 aliphatic carbocycles. The van der Waals surface area contributed by atoms with Gasteiger partial charge in [-0.2, -0.15) is 0 Å². The topological polar surface area (TPSA) is 84.0 Å². The number of unbranched alkanes of at least 4 members (excludes halogenated alkanes) is 4. The summed E-state index contributed by atoms with van der Waals surface area (Å²) in [6.45, 7) is 4.92. The maximum Gasteiger partial charge on any atom is 0.171 e. The fourth-order valence-corrected chi connectivity index (χ4v) is 3.65. The summed E-state index contributed by atoms with van der Waals surface area (Å²) in [7, 11) is 0. The van der Waals surface area contributed by atoms with Crippen molar-refractivity contribution in [3.8, 4) is 0 Å². The number of rotatable bonds is 20. The highest BCUT2D eigenvalue weighted by Gasteiger charge is 2.03. The van der Waals surface area contributed by atoms with Crippen LogP contribution >= 0.6 is 12.4 Å². The molecular weight excluding hydrogens is 450 g/mol. The summed E-state index contributed by atoms with van der Waals surface area (Å²) in [5.74, 6) is 0. The van der Waals surface area contributed by atoms with Crippen molar-refractivity contribution in [2.24, 2.45) is 5.11 Å². The van der Waals surface area contributed by atoms with Crippen molar-refractivity contribution in [2.75, 3.05) is 33.0 Å². The van der Waals surface area contributed by atoms with Crippen molar-refractivity contribution in [2.45, 2.75) is 70.8 Å². The van der Waals surface area contributed by atoms with Gasteiger partial charge in [-0.3, -0.25) is 4.98 Å². The Hall–Kier alpha value is -2.18. The molecule has 0 radical (unpaired) electrons. The first kappa shape index (κ1) is 29.9. The van der Waals surface area contributed by atoms with Gasteiger partial charge in [-0.1, -0.05) is 24.0 Å². The van der Waals surface area contributed by atoms with Crippen LogP contribution in [0.15, 0.2) is 54.2 Å². The lowest BCUT2D eigenvalue weighted by molar-refractivity contribution is -0.697. The van der Waals surface area contributed by atoms with Crippen molar-refractivity contribution in [1.29, 1.82) is 0 Å². The maximum atomic E-state index is 8.23. The van der Waals surface area contributed by atoms with Gasteiger partial charge in [-0.15, -0.1) is 12.4 Å². The molecule has 0 saturated carbocycles. The molecule has 2 aromatic rings. The summed E-state index contributed by atoms with van der Waals surface area (Å²) in [6, 6.07) is 8.44. The average molecular weight is 491 g/mol. The number of hydrogen-bond donors (Lipinski definition) is 0. The maximum absolute atomic E-state index is 8.23. The third-order valence-corrected chi connectivity index (χ3v) is 5.47. The number of ether oxygens (including phenoxy) is 2. The van der Waals surface area contributed by atoms with E-state index in [4.69, 9.17) is 15.0 Å². The SMILES string of the molecule is Cl.[N-]=[N+]=NCCCCCCOCCCc1ccc[n+](CCCCOCCCc2cccnc2)c1. The molecule has 0 N–H and O–H groups in total. The lowest BCUT2D eigenvalue weighted by atomic mass is 10.1. The predicted octanol–water partition coefficient (Wildman–Crippen LogP) is 6.04. The molecule has 0 fully saturated rings. The Morgan fingerprint density at radius 1 is 0.824 bits per heavy atom. The van der Waals surface area contributed by atoms with Crippen LogP contribution in [0.25, 0.3) is 10.4 Å². The van der Waals surface area contributed by atoms with Crippen molar-refractivity contribution in [3.63, 3.8) is 0 Å². The standard InChI is InChI=1S/C26H40N5O2.ClH/c27-30-29-16-3-1-2-5-19-32-22-10-14-26-12-8-18-31(24-26)17-4-6-20-33-21-9-13-25-11-7-15-28-23-25;/h7-8,11-12,15,18,23-24H,1-6,9-10,13-14,16-17,19-22H2;1H/q+1;. The number of aromatic nitrogens is 2. The van der Waals surface area contributed by atoms with Crippen LogP contribution in [0.3, 0.4) is 0 Å². The van der Waals surface area contributed by atoms with E-state index in [2.05, 4.69) is 50.2 Å². The second-order valence-corrected chi connectivity index (χ2v) is 8.32. The third kappa shape index (κ3) is 15.6. The van der Waals surface area contributed by atoms with E-state index in [1.807, 2.05) is 18.5 Å². The first-order valence-electron chi connectivity index (χ1n) is 12.4. The Balaban J connectivity index is 0.00000578. The van der Waals surface area contributed by atoms with Crippen LogP contribution in [-0.4, -0.2) is 38.0 Å². The Kier molecular flexibility index (Phi) is 18.8. The number of hydrogen-bond acceptors (Lipinski definition) is 4. The van der Waals surface area contributed by atoms with Crippen LogP contribution in [0.5, 0.6) is 0 Å². The molecule has 0 saturated heterocycles. The smallest absolute Gasteiger partial charge is 0.171 e. The van der Waals surface area contributed by atoms with Gasteiger partial charge in [0, 0.05) is 68.3 Å². The molecule has 0 bridgehead atoms. The zero-order valence-corrected chi connectivity index (χ0v) is 21.2. The van der Waals surface area contributed by atoms with Gasteiger partial charge in [-0.05, 0) is 68.2 Å². The number of azide groups is 1. The molecule has 7 nitrogen and oxygen atoms in total. The Morgan fingerprint density at radius 2 is 1.50 bits per heavy atom. The van der Waals surface area contributed by atoms with E-state index < -0.39 is 0 Å². The van der Waals surface area contributed by atoms with Crippen LogP contribution in [0.2, 0.25) is 0 Å². The largest absolute Gasteiger partial charge is 0.381 e. The molecular formula is C26H41ClN5O2+. The van der Waals surface area contributed by atoms with E-state index in [0.717, 1.165) is 97.2 Å². The molecule has 0 amide bonds. The van der Waals surface area contributed by atoms with Crippen LogP contribution in [0, 0.1) is 0 Å². The molecule has 0 spiro atoms. The lowest BCUT2D eigenvalue weighted by Gasteiger charge is -2.05. The number of halogens is 1. The van der Waals surface area contributed by atoms with Gasteiger partial charge in [0.25, 0.3) is 0 Å². The molecule has 8 heteroatoms. The van der Waals surface area contributed by atoms with Gasteiger partial charge in [0.15, 0.2) is 12.4 Å². The second kappa shape index (κ2) is 21.4. The average Bonchev–Trinajstić information content (AvgIpc) is 2.85. The van der Waals surface area contributed by atoms with Crippen molar-refractivity contribution < 1.29 is 14.0 Å². The van der Waals surface area contributed by atoms with E-state index in [1.54, 1.807) is 0 Å². The fourth-order valence-electron chi connectivity index (χ4n) is 3.65. The summed E-state index contributed by atoms with van der Waals surface area (Å²) in [5, 5.41) is 3.55. The number of aryl methyl sites for hydroxylation is 3. The monoisotopic (exact) mass is 490 g/mol. The molecule has 0 unspecified atom stereocenters. The minimum absolute atomic E-state index is 0. The first-order valence-corrected chi connectivity index (χ1v) is 12.4. The van der Waals surface area contributed by atoms with Gasteiger partial charge in [0.2, 0.25) is 0 Å². The molecule has 0 aliphatic heterocycles.